The predicted octanol–water partition coefficient (Wildman–Crippen LogP) is 4.74. The van der Waals surface area contributed by atoms with Gasteiger partial charge in [0.05, 0.1) is 28.7 Å². The van der Waals surface area contributed by atoms with Gasteiger partial charge >= 0.3 is 5.16 Å². The smallest absolute Gasteiger partial charge is 0.342 e. The Hall–Kier alpha value is -3.82. The van der Waals surface area contributed by atoms with E-state index in [1.807, 2.05) is 60.0 Å². The normalized spacial score (nSPS) is 11.4. The number of phenolic OH excluding ortho intramolecular Hbond substituents is 1. The van der Waals surface area contributed by atoms with E-state index in [1.165, 1.54) is 11.8 Å². The standard InChI is InChI=1S/C26H24ClN5O3S/c1-3-35-23-14-10-21(11-15-23)32-25(19-4-8-20(27)9-5-19)30-31-26(32)36-16-24(34)29-28-17(2)18-6-12-22(33)13-7-18/h4-15H,3,16H2,1-2H3,(H2,28,29,33,34)/p+1. The van der Waals surface area contributed by atoms with Gasteiger partial charge in [0.15, 0.2) is 0 Å². The molecule has 0 aliphatic heterocycles. The Morgan fingerprint density at radius 3 is 2.47 bits per heavy atom. The molecular weight excluding hydrogens is 498 g/mol. The molecule has 0 atom stereocenters. The summed E-state index contributed by atoms with van der Waals surface area (Å²) in [5, 5.41) is 22.4. The fourth-order valence-electron chi connectivity index (χ4n) is 3.37. The van der Waals surface area contributed by atoms with Gasteiger partial charge in [0, 0.05) is 5.02 Å². The first-order valence-corrected chi connectivity index (χ1v) is 12.6. The zero-order valence-electron chi connectivity index (χ0n) is 19.7. The summed E-state index contributed by atoms with van der Waals surface area (Å²) in [5.74, 6) is 1.53. The van der Waals surface area contributed by atoms with Gasteiger partial charge in [-0.1, -0.05) is 11.6 Å². The topological polar surface area (TPSA) is 103 Å². The second-order valence-corrected chi connectivity index (χ2v) is 9.07. The van der Waals surface area contributed by atoms with E-state index >= 15 is 0 Å². The summed E-state index contributed by atoms with van der Waals surface area (Å²) >= 11 is 7.36. The first-order chi connectivity index (χ1) is 17.4. The van der Waals surface area contributed by atoms with E-state index in [2.05, 4.69) is 20.7 Å². The van der Waals surface area contributed by atoms with Crippen LogP contribution in [-0.2, 0) is 4.79 Å². The van der Waals surface area contributed by atoms with E-state index in [0.29, 0.717) is 22.5 Å². The number of ether oxygens (including phenoxy) is 1. The SMILES string of the molecule is CCOc1ccc(-[n+]2c(SCC(=O)N/N=C(\C)c3ccc(O)cc3)n[nH]c2-c2ccc(Cl)cc2)cc1. The summed E-state index contributed by atoms with van der Waals surface area (Å²) in [4.78, 5) is 12.5. The minimum atomic E-state index is -0.271. The van der Waals surface area contributed by atoms with Crippen LogP contribution in [0.4, 0.5) is 0 Å². The molecule has 3 N–H and O–H groups in total. The molecule has 0 unspecified atom stereocenters. The molecule has 3 aromatic carbocycles. The summed E-state index contributed by atoms with van der Waals surface area (Å²) in [6, 6.07) is 21.7. The molecule has 0 fully saturated rings. The summed E-state index contributed by atoms with van der Waals surface area (Å²) in [6.07, 6.45) is 0. The number of hydrazone groups is 1. The maximum absolute atomic E-state index is 12.5. The molecule has 1 amide bonds. The van der Waals surface area contributed by atoms with Crippen molar-refractivity contribution in [2.24, 2.45) is 5.10 Å². The number of phenols is 1. The monoisotopic (exact) mass is 522 g/mol. The number of aromatic nitrogens is 3. The second kappa shape index (κ2) is 11.7. The van der Waals surface area contributed by atoms with E-state index in [9.17, 15) is 9.90 Å². The number of carbonyl (C=O) groups is 1. The number of carbonyl (C=O) groups excluding carboxylic acids is 1. The molecule has 0 saturated carbocycles. The molecule has 1 aromatic heterocycles. The zero-order valence-corrected chi connectivity index (χ0v) is 21.3. The highest BCUT2D eigenvalue weighted by atomic mass is 35.5. The van der Waals surface area contributed by atoms with Crippen LogP contribution in [0, 0.1) is 0 Å². The second-order valence-electron chi connectivity index (χ2n) is 7.69. The average Bonchev–Trinajstić information content (AvgIpc) is 3.31. The van der Waals surface area contributed by atoms with Gasteiger partial charge in [-0.05, 0) is 104 Å². The maximum Gasteiger partial charge on any atom is 0.342 e. The van der Waals surface area contributed by atoms with Crippen LogP contribution in [0.25, 0.3) is 17.1 Å². The Bertz CT molecular complexity index is 1350. The van der Waals surface area contributed by atoms with Crippen molar-refractivity contribution in [2.75, 3.05) is 12.4 Å². The third-order valence-electron chi connectivity index (χ3n) is 5.16. The van der Waals surface area contributed by atoms with Crippen LogP contribution >= 0.6 is 23.4 Å². The van der Waals surface area contributed by atoms with Gasteiger partial charge in [0.25, 0.3) is 11.7 Å². The van der Waals surface area contributed by atoms with Gasteiger partial charge in [0.1, 0.15) is 17.2 Å². The van der Waals surface area contributed by atoms with Crippen molar-refractivity contribution in [3.8, 4) is 28.6 Å². The molecule has 0 radical (unpaired) electrons. The number of aromatic amines is 1. The number of nitrogens with one attached hydrogen (secondary N) is 2. The minimum Gasteiger partial charge on any atom is -0.508 e. The number of nitrogens with zero attached hydrogens (tertiary/aromatic N) is 3. The number of amides is 1. The third kappa shape index (κ3) is 6.24. The number of thioether (sulfide) groups is 1. The third-order valence-corrected chi connectivity index (χ3v) is 6.35. The lowest BCUT2D eigenvalue weighted by Gasteiger charge is -2.07. The lowest BCUT2D eigenvalue weighted by atomic mass is 10.1. The lowest BCUT2D eigenvalue weighted by Crippen LogP contribution is -2.34. The van der Waals surface area contributed by atoms with Crippen LogP contribution in [-0.4, -0.2) is 39.3 Å². The van der Waals surface area contributed by atoms with Crippen LogP contribution < -0.4 is 14.7 Å². The molecule has 184 valence electrons. The molecule has 0 saturated heterocycles. The summed E-state index contributed by atoms with van der Waals surface area (Å²) in [5.41, 5.74) is 5.76. The number of hydrogen-bond donors (Lipinski definition) is 3. The minimum absolute atomic E-state index is 0.105. The van der Waals surface area contributed by atoms with Crippen molar-refractivity contribution in [1.82, 2.24) is 15.6 Å². The number of hydrogen-bond acceptors (Lipinski definition) is 6. The van der Waals surface area contributed by atoms with E-state index < -0.39 is 0 Å². The summed E-state index contributed by atoms with van der Waals surface area (Å²) in [6.45, 7) is 4.30. The molecule has 10 heteroatoms. The van der Waals surface area contributed by atoms with Crippen LogP contribution in [0.15, 0.2) is 83.1 Å². The molecule has 0 aliphatic rings. The van der Waals surface area contributed by atoms with Crippen molar-refractivity contribution in [3.05, 3.63) is 83.4 Å². The quantitative estimate of drug-likeness (QED) is 0.127. The average molecular weight is 523 g/mol. The highest BCUT2D eigenvalue weighted by Gasteiger charge is 2.24. The van der Waals surface area contributed by atoms with Crippen LogP contribution in [0.3, 0.4) is 0 Å². The predicted molar refractivity (Wildman–Crippen MR) is 141 cm³/mol. The Morgan fingerprint density at radius 2 is 1.81 bits per heavy atom. The number of aromatic hydroxyl groups is 1. The van der Waals surface area contributed by atoms with Gasteiger partial charge in [-0.15, -0.1) is 5.10 Å². The molecule has 4 aromatic rings. The van der Waals surface area contributed by atoms with Crippen molar-refractivity contribution < 1.29 is 19.2 Å². The molecule has 0 spiro atoms. The van der Waals surface area contributed by atoms with Gasteiger partial charge < -0.3 is 9.84 Å². The van der Waals surface area contributed by atoms with Crippen LogP contribution in [0.1, 0.15) is 19.4 Å². The number of rotatable bonds is 9. The number of benzene rings is 3. The van der Waals surface area contributed by atoms with Gasteiger partial charge in [-0.3, -0.25) is 4.79 Å². The van der Waals surface area contributed by atoms with Crippen LogP contribution in [0.2, 0.25) is 5.02 Å². The van der Waals surface area contributed by atoms with Crippen molar-refractivity contribution >= 4 is 35.0 Å². The van der Waals surface area contributed by atoms with Crippen LogP contribution in [0.5, 0.6) is 11.5 Å². The summed E-state index contributed by atoms with van der Waals surface area (Å²) < 4.78 is 7.52. The number of halogens is 1. The van der Waals surface area contributed by atoms with Gasteiger partial charge in [-0.25, -0.2) is 5.43 Å². The zero-order chi connectivity index (χ0) is 25.5. The van der Waals surface area contributed by atoms with Crippen molar-refractivity contribution in [1.29, 1.82) is 0 Å². The van der Waals surface area contributed by atoms with Crippen molar-refractivity contribution in [3.63, 3.8) is 0 Å². The molecule has 0 bridgehead atoms. The molecule has 0 aliphatic carbocycles. The Kier molecular flexibility index (Phi) is 8.24. The molecular formula is C26H25ClN5O3S+. The van der Waals surface area contributed by atoms with Gasteiger partial charge in [0.2, 0.25) is 0 Å². The fraction of sp³-hybridized carbons (Fsp3) is 0.154. The number of H-pyrrole nitrogens is 1. The highest BCUT2D eigenvalue weighted by Crippen LogP contribution is 2.23. The fourth-order valence-corrected chi connectivity index (χ4v) is 4.25. The largest absolute Gasteiger partial charge is 0.508 e. The van der Waals surface area contributed by atoms with E-state index in [0.717, 1.165) is 28.4 Å². The summed E-state index contributed by atoms with van der Waals surface area (Å²) in [7, 11) is 0. The van der Waals surface area contributed by atoms with E-state index in [-0.39, 0.29) is 17.4 Å². The first-order valence-electron chi connectivity index (χ1n) is 11.2. The van der Waals surface area contributed by atoms with E-state index in [4.69, 9.17) is 16.3 Å². The Balaban J connectivity index is 1.53. The first kappa shape index (κ1) is 25.3. The molecule has 4 rings (SSSR count). The maximum atomic E-state index is 12.5. The van der Waals surface area contributed by atoms with Gasteiger partial charge in [-0.2, -0.15) is 9.67 Å². The lowest BCUT2D eigenvalue weighted by molar-refractivity contribution is -0.625. The Labute approximate surface area is 218 Å². The molecule has 1 heterocycles. The molecule has 8 nitrogen and oxygen atoms in total. The van der Waals surface area contributed by atoms with E-state index in [1.54, 1.807) is 31.2 Å². The molecule has 36 heavy (non-hydrogen) atoms. The van der Waals surface area contributed by atoms with Crippen molar-refractivity contribution in [2.45, 2.75) is 19.0 Å². The Morgan fingerprint density at radius 1 is 1.11 bits per heavy atom. The highest BCUT2D eigenvalue weighted by molar-refractivity contribution is 7.99.